The van der Waals surface area contributed by atoms with Crippen molar-refractivity contribution < 1.29 is 9.53 Å². The van der Waals surface area contributed by atoms with Gasteiger partial charge >= 0.3 is 0 Å². The molecule has 0 bridgehead atoms. The molecule has 8 heteroatoms. The predicted octanol–water partition coefficient (Wildman–Crippen LogP) is 1.86. The molecule has 0 saturated heterocycles. The van der Waals surface area contributed by atoms with Gasteiger partial charge in [0, 0.05) is 30.6 Å². The van der Waals surface area contributed by atoms with Crippen LogP contribution in [0.15, 0.2) is 29.3 Å². The van der Waals surface area contributed by atoms with Gasteiger partial charge in [-0.1, -0.05) is 0 Å². The van der Waals surface area contributed by atoms with Crippen LogP contribution in [-0.4, -0.2) is 44.1 Å². The fourth-order valence-corrected chi connectivity index (χ4v) is 3.20. The number of aliphatic imine (C=N–C) groups is 1. The van der Waals surface area contributed by atoms with E-state index in [1.165, 1.54) is 4.88 Å². The second-order valence-corrected chi connectivity index (χ2v) is 6.87. The van der Waals surface area contributed by atoms with Crippen molar-refractivity contribution in [2.75, 3.05) is 27.2 Å². The molecule has 140 valence electrons. The van der Waals surface area contributed by atoms with E-state index in [0.717, 1.165) is 16.5 Å². The summed E-state index contributed by atoms with van der Waals surface area (Å²) in [4.78, 5) is 21.9. The zero-order valence-electron chi connectivity index (χ0n) is 15.5. The Balaban J connectivity index is 1.71. The van der Waals surface area contributed by atoms with Crippen LogP contribution in [0.5, 0.6) is 5.75 Å². The Hall–Kier alpha value is -2.61. The van der Waals surface area contributed by atoms with Crippen LogP contribution in [0, 0.1) is 13.8 Å². The van der Waals surface area contributed by atoms with E-state index in [4.69, 9.17) is 4.74 Å². The number of guanidine groups is 1. The number of nitrogens with zero attached hydrogens (tertiary/aromatic N) is 2. The minimum atomic E-state index is -0.117. The van der Waals surface area contributed by atoms with Gasteiger partial charge in [0.05, 0.1) is 24.4 Å². The summed E-state index contributed by atoms with van der Waals surface area (Å²) in [7, 11) is 3.31. The van der Waals surface area contributed by atoms with Crippen LogP contribution >= 0.6 is 11.3 Å². The number of methoxy groups -OCH3 is 1. The highest BCUT2D eigenvalue weighted by atomic mass is 32.1. The molecule has 0 unspecified atom stereocenters. The number of aryl methyl sites for hydroxylation is 2. The molecular weight excluding hydrogens is 350 g/mol. The van der Waals surface area contributed by atoms with Crippen LogP contribution < -0.4 is 20.7 Å². The lowest BCUT2D eigenvalue weighted by Gasteiger charge is -2.12. The molecule has 2 rings (SSSR count). The second-order valence-electron chi connectivity index (χ2n) is 5.58. The number of carbonyl (C=O) groups excluding carboxylic acids is 1. The topological polar surface area (TPSA) is 87.6 Å². The summed E-state index contributed by atoms with van der Waals surface area (Å²) < 4.78 is 5.08. The quantitative estimate of drug-likeness (QED) is 0.391. The van der Waals surface area contributed by atoms with Crippen molar-refractivity contribution in [1.82, 2.24) is 20.9 Å². The van der Waals surface area contributed by atoms with E-state index in [-0.39, 0.29) is 5.91 Å². The summed E-state index contributed by atoms with van der Waals surface area (Å²) in [5.74, 6) is 1.30. The maximum atomic E-state index is 12.1. The molecule has 0 radical (unpaired) electrons. The lowest BCUT2D eigenvalue weighted by molar-refractivity contribution is 0.0954. The van der Waals surface area contributed by atoms with Crippen molar-refractivity contribution in [2.45, 2.75) is 20.4 Å². The molecule has 26 heavy (non-hydrogen) atoms. The van der Waals surface area contributed by atoms with Gasteiger partial charge in [-0.3, -0.25) is 9.79 Å². The van der Waals surface area contributed by atoms with Crippen molar-refractivity contribution in [2.24, 2.45) is 4.99 Å². The Morgan fingerprint density at radius 3 is 2.42 bits per heavy atom. The minimum absolute atomic E-state index is 0.117. The maximum Gasteiger partial charge on any atom is 0.251 e. The molecule has 0 atom stereocenters. The number of ether oxygens (including phenoxy) is 1. The molecule has 1 heterocycles. The van der Waals surface area contributed by atoms with E-state index in [0.29, 0.717) is 31.2 Å². The first-order valence-electron chi connectivity index (χ1n) is 8.33. The van der Waals surface area contributed by atoms with Gasteiger partial charge in [-0.05, 0) is 38.1 Å². The normalized spacial score (nSPS) is 11.2. The molecule has 7 nitrogen and oxygen atoms in total. The summed E-state index contributed by atoms with van der Waals surface area (Å²) >= 11 is 1.68. The summed E-state index contributed by atoms with van der Waals surface area (Å²) in [5, 5.41) is 10.4. The standard InChI is InChI=1S/C18H25N5O2S/c1-12-16(26-13(2)23-12)11-22-18(19-3)21-10-9-20-17(24)14-5-7-15(25-4)8-6-14/h5-8H,9-11H2,1-4H3,(H,20,24)(H2,19,21,22). The Bertz CT molecular complexity index is 755. The number of aromatic nitrogens is 1. The van der Waals surface area contributed by atoms with Gasteiger partial charge in [0.25, 0.3) is 5.91 Å². The van der Waals surface area contributed by atoms with Crippen LogP contribution in [0.25, 0.3) is 0 Å². The van der Waals surface area contributed by atoms with Crippen molar-refractivity contribution in [3.63, 3.8) is 0 Å². The Labute approximate surface area is 157 Å². The van der Waals surface area contributed by atoms with Gasteiger partial charge in [-0.2, -0.15) is 0 Å². The van der Waals surface area contributed by atoms with Gasteiger partial charge in [-0.25, -0.2) is 4.98 Å². The van der Waals surface area contributed by atoms with E-state index >= 15 is 0 Å². The molecular formula is C18H25N5O2S. The number of amides is 1. The molecule has 0 aliphatic rings. The Kier molecular flexibility index (Phi) is 7.40. The Morgan fingerprint density at radius 2 is 1.85 bits per heavy atom. The lowest BCUT2D eigenvalue weighted by atomic mass is 10.2. The predicted molar refractivity (Wildman–Crippen MR) is 105 cm³/mol. The molecule has 2 aromatic rings. The molecule has 1 amide bonds. The number of rotatable bonds is 7. The number of carbonyl (C=O) groups is 1. The van der Waals surface area contributed by atoms with Crippen LogP contribution in [0.4, 0.5) is 0 Å². The van der Waals surface area contributed by atoms with E-state index in [2.05, 4.69) is 25.9 Å². The van der Waals surface area contributed by atoms with E-state index in [9.17, 15) is 4.79 Å². The maximum absolute atomic E-state index is 12.1. The molecule has 0 saturated carbocycles. The zero-order valence-corrected chi connectivity index (χ0v) is 16.4. The lowest BCUT2D eigenvalue weighted by Crippen LogP contribution is -2.41. The molecule has 0 fully saturated rings. The smallest absolute Gasteiger partial charge is 0.251 e. The largest absolute Gasteiger partial charge is 0.497 e. The highest BCUT2D eigenvalue weighted by Gasteiger charge is 2.07. The third-order valence-electron chi connectivity index (χ3n) is 3.69. The van der Waals surface area contributed by atoms with Gasteiger partial charge in [0.1, 0.15) is 5.75 Å². The van der Waals surface area contributed by atoms with Crippen molar-refractivity contribution in [3.05, 3.63) is 45.4 Å². The van der Waals surface area contributed by atoms with Crippen LogP contribution in [0.1, 0.15) is 25.9 Å². The zero-order chi connectivity index (χ0) is 18.9. The third-order valence-corrected chi connectivity index (χ3v) is 4.77. The molecule has 0 spiro atoms. The summed E-state index contributed by atoms with van der Waals surface area (Å²) in [6.45, 7) is 5.74. The first-order chi connectivity index (χ1) is 12.5. The number of hydrogen-bond donors (Lipinski definition) is 3. The number of hydrogen-bond acceptors (Lipinski definition) is 5. The highest BCUT2D eigenvalue weighted by molar-refractivity contribution is 7.11. The van der Waals surface area contributed by atoms with Crippen molar-refractivity contribution in [3.8, 4) is 5.75 Å². The number of benzene rings is 1. The average molecular weight is 375 g/mol. The van der Waals surface area contributed by atoms with Gasteiger partial charge < -0.3 is 20.7 Å². The molecule has 1 aromatic heterocycles. The highest BCUT2D eigenvalue weighted by Crippen LogP contribution is 2.16. The SMILES string of the molecule is CN=C(NCCNC(=O)c1ccc(OC)cc1)NCc1sc(C)nc1C. The van der Waals surface area contributed by atoms with Gasteiger partial charge in [-0.15, -0.1) is 11.3 Å². The van der Waals surface area contributed by atoms with Gasteiger partial charge in [0.15, 0.2) is 5.96 Å². The molecule has 1 aromatic carbocycles. The van der Waals surface area contributed by atoms with Crippen LogP contribution in [-0.2, 0) is 6.54 Å². The summed E-state index contributed by atoms with van der Waals surface area (Å²) in [6.07, 6.45) is 0. The fraction of sp³-hybridized carbons (Fsp3) is 0.389. The van der Waals surface area contributed by atoms with E-state index < -0.39 is 0 Å². The molecule has 0 aliphatic carbocycles. The minimum Gasteiger partial charge on any atom is -0.497 e. The Morgan fingerprint density at radius 1 is 1.15 bits per heavy atom. The van der Waals surface area contributed by atoms with Crippen LogP contribution in [0.2, 0.25) is 0 Å². The first kappa shape index (κ1) is 19.7. The summed E-state index contributed by atoms with van der Waals surface area (Å²) in [5.41, 5.74) is 1.64. The average Bonchev–Trinajstić information content (AvgIpc) is 2.98. The third kappa shape index (κ3) is 5.73. The molecule has 0 aliphatic heterocycles. The number of nitrogens with one attached hydrogen (secondary N) is 3. The van der Waals surface area contributed by atoms with E-state index in [1.807, 2.05) is 13.8 Å². The van der Waals surface area contributed by atoms with Crippen molar-refractivity contribution in [1.29, 1.82) is 0 Å². The monoisotopic (exact) mass is 375 g/mol. The molecule has 3 N–H and O–H groups in total. The first-order valence-corrected chi connectivity index (χ1v) is 9.14. The van der Waals surface area contributed by atoms with Gasteiger partial charge in [0.2, 0.25) is 0 Å². The summed E-state index contributed by atoms with van der Waals surface area (Å²) in [6, 6.07) is 7.01. The van der Waals surface area contributed by atoms with Crippen LogP contribution in [0.3, 0.4) is 0 Å². The number of thiazole rings is 1. The second kappa shape index (κ2) is 9.76. The van der Waals surface area contributed by atoms with E-state index in [1.54, 1.807) is 49.8 Å². The van der Waals surface area contributed by atoms with Crippen molar-refractivity contribution >= 4 is 23.2 Å². The fourth-order valence-electron chi connectivity index (χ4n) is 2.32.